The van der Waals surface area contributed by atoms with Crippen LogP contribution in [0.25, 0.3) is 10.9 Å². The molecule has 1 aromatic heterocycles. The number of carbonyl (C=O) groups excluding carboxylic acids is 1. The number of hydrogen-bond donors (Lipinski definition) is 3. The molecule has 0 radical (unpaired) electrons. The van der Waals surface area contributed by atoms with E-state index in [9.17, 15) is 14.7 Å². The molecule has 1 amide bonds. The number of nitrogens with one attached hydrogen (secondary N) is 2. The predicted octanol–water partition coefficient (Wildman–Crippen LogP) is 3.86. The lowest BCUT2D eigenvalue weighted by molar-refractivity contribution is -0.930. The van der Waals surface area contributed by atoms with Crippen LogP contribution in [0.4, 0.5) is 5.82 Å². The Bertz CT molecular complexity index is 1010. The number of aromatic amines is 1. The van der Waals surface area contributed by atoms with E-state index < -0.39 is 11.9 Å². The van der Waals surface area contributed by atoms with Gasteiger partial charge in [-0.05, 0) is 18.1 Å². The second-order valence-electron chi connectivity index (χ2n) is 8.69. The van der Waals surface area contributed by atoms with E-state index in [1.807, 2.05) is 48.5 Å². The van der Waals surface area contributed by atoms with Crippen molar-refractivity contribution >= 4 is 28.6 Å². The SMILES string of the molecule is C[N+]1(Cc2ccccc2)CCC(CC(=O)Nc2cc3ccccc3[nH]2)C(C(=O)O)C1. The minimum absolute atomic E-state index is 0.142. The molecule has 3 unspecified atom stereocenters. The number of nitrogens with zero attached hydrogens (tertiary/aromatic N) is 1. The fourth-order valence-corrected chi connectivity index (χ4v) is 4.67. The summed E-state index contributed by atoms with van der Waals surface area (Å²) in [5.74, 6) is -0.990. The number of anilines is 1. The number of H-pyrrole nitrogens is 1. The van der Waals surface area contributed by atoms with E-state index in [0.29, 0.717) is 16.8 Å². The van der Waals surface area contributed by atoms with E-state index >= 15 is 0 Å². The van der Waals surface area contributed by atoms with Crippen LogP contribution in [0.3, 0.4) is 0 Å². The molecule has 0 saturated carbocycles. The number of hydrogen-bond acceptors (Lipinski definition) is 2. The zero-order chi connectivity index (χ0) is 21.1. The molecule has 4 rings (SSSR count). The lowest BCUT2D eigenvalue weighted by Gasteiger charge is -2.43. The van der Waals surface area contributed by atoms with Gasteiger partial charge in [-0.1, -0.05) is 48.5 Å². The summed E-state index contributed by atoms with van der Waals surface area (Å²) >= 11 is 0. The van der Waals surface area contributed by atoms with Crippen molar-refractivity contribution in [3.05, 3.63) is 66.2 Å². The molecule has 0 spiro atoms. The first-order valence-corrected chi connectivity index (χ1v) is 10.4. The number of likely N-dealkylation sites (tertiary alicyclic amines) is 1. The third-order valence-electron chi connectivity index (χ3n) is 6.22. The van der Waals surface area contributed by atoms with Crippen LogP contribution in [-0.4, -0.2) is 46.6 Å². The van der Waals surface area contributed by atoms with E-state index in [1.165, 1.54) is 5.56 Å². The van der Waals surface area contributed by atoms with Crippen molar-refractivity contribution in [2.45, 2.75) is 19.4 Å². The fraction of sp³-hybridized carbons (Fsp3) is 0.333. The molecule has 2 heterocycles. The third-order valence-corrected chi connectivity index (χ3v) is 6.22. The molecule has 3 atom stereocenters. The highest BCUT2D eigenvalue weighted by Crippen LogP contribution is 2.32. The third kappa shape index (κ3) is 4.54. The molecule has 3 N–H and O–H groups in total. The second-order valence-corrected chi connectivity index (χ2v) is 8.69. The molecule has 1 saturated heterocycles. The zero-order valence-corrected chi connectivity index (χ0v) is 17.2. The van der Waals surface area contributed by atoms with Gasteiger partial charge in [0.15, 0.2) is 0 Å². The number of para-hydroxylation sites is 1. The van der Waals surface area contributed by atoms with Gasteiger partial charge in [-0.25, -0.2) is 0 Å². The molecule has 0 bridgehead atoms. The first kappa shape index (κ1) is 20.2. The largest absolute Gasteiger partial charge is 0.481 e. The van der Waals surface area contributed by atoms with Crippen LogP contribution in [0.15, 0.2) is 60.7 Å². The van der Waals surface area contributed by atoms with E-state index in [-0.39, 0.29) is 18.2 Å². The quantitative estimate of drug-likeness (QED) is 0.544. The van der Waals surface area contributed by atoms with Crippen LogP contribution < -0.4 is 5.32 Å². The smallest absolute Gasteiger partial charge is 0.312 e. The Labute approximate surface area is 176 Å². The van der Waals surface area contributed by atoms with Crippen molar-refractivity contribution < 1.29 is 19.2 Å². The van der Waals surface area contributed by atoms with E-state index in [0.717, 1.165) is 30.4 Å². The molecule has 30 heavy (non-hydrogen) atoms. The first-order valence-electron chi connectivity index (χ1n) is 10.4. The van der Waals surface area contributed by atoms with E-state index in [4.69, 9.17) is 0 Å². The number of quaternary nitrogens is 1. The molecule has 1 fully saturated rings. The van der Waals surface area contributed by atoms with Crippen molar-refractivity contribution in [1.29, 1.82) is 0 Å². The average Bonchev–Trinajstić information content (AvgIpc) is 3.12. The highest BCUT2D eigenvalue weighted by atomic mass is 16.4. The molecular weight excluding hydrogens is 378 g/mol. The number of fused-ring (bicyclic) bond motifs is 1. The normalized spacial score (nSPS) is 23.9. The molecule has 3 aromatic rings. The lowest BCUT2D eigenvalue weighted by atomic mass is 9.81. The molecule has 2 aromatic carbocycles. The van der Waals surface area contributed by atoms with Crippen LogP contribution in [0.1, 0.15) is 18.4 Å². The van der Waals surface area contributed by atoms with Gasteiger partial charge in [0.25, 0.3) is 0 Å². The van der Waals surface area contributed by atoms with Gasteiger partial charge in [0.2, 0.25) is 5.91 Å². The van der Waals surface area contributed by atoms with Crippen LogP contribution in [0.5, 0.6) is 0 Å². The van der Waals surface area contributed by atoms with Crippen molar-refractivity contribution in [1.82, 2.24) is 4.98 Å². The molecule has 0 aliphatic carbocycles. The number of piperidine rings is 1. The summed E-state index contributed by atoms with van der Waals surface area (Å²) < 4.78 is 0.682. The zero-order valence-electron chi connectivity index (χ0n) is 17.2. The van der Waals surface area contributed by atoms with Crippen LogP contribution in [0.2, 0.25) is 0 Å². The Morgan fingerprint density at radius 3 is 2.60 bits per heavy atom. The summed E-state index contributed by atoms with van der Waals surface area (Å²) in [5, 5.41) is 13.8. The van der Waals surface area contributed by atoms with Crippen LogP contribution >= 0.6 is 0 Å². The summed E-state index contributed by atoms with van der Waals surface area (Å²) in [4.78, 5) is 27.8. The molecule has 6 heteroatoms. The number of carbonyl (C=O) groups is 2. The van der Waals surface area contributed by atoms with Crippen molar-refractivity contribution in [2.24, 2.45) is 11.8 Å². The lowest BCUT2D eigenvalue weighted by Crippen LogP contribution is -2.55. The van der Waals surface area contributed by atoms with Gasteiger partial charge in [0.05, 0.1) is 20.1 Å². The topological polar surface area (TPSA) is 82.2 Å². The minimum atomic E-state index is -0.810. The molecule has 1 aliphatic rings. The Morgan fingerprint density at radius 2 is 1.87 bits per heavy atom. The number of carboxylic acids is 1. The standard InChI is InChI=1S/C24H27N3O3/c1-27(15-17-7-3-2-4-8-17)12-11-18(20(16-27)24(29)30)14-23(28)26-22-13-19-9-5-6-10-21(19)25-22/h2-10,13,18,20,25H,11-12,14-16H2,1H3,(H-,26,28,29,30)/p+1. The average molecular weight is 407 g/mol. The summed E-state index contributed by atoms with van der Waals surface area (Å²) in [6, 6.07) is 19.9. The second kappa shape index (κ2) is 8.32. The van der Waals surface area contributed by atoms with Gasteiger partial charge in [-0.3, -0.25) is 9.59 Å². The van der Waals surface area contributed by atoms with Crippen molar-refractivity contribution in [3.63, 3.8) is 0 Å². The monoisotopic (exact) mass is 406 g/mol. The number of rotatable bonds is 6. The molecule has 156 valence electrons. The molecular formula is C24H28N3O3+. The van der Waals surface area contributed by atoms with Crippen LogP contribution in [0, 0.1) is 11.8 Å². The summed E-state index contributed by atoms with van der Waals surface area (Å²) in [7, 11) is 2.11. The highest BCUT2D eigenvalue weighted by molar-refractivity contribution is 5.94. The highest BCUT2D eigenvalue weighted by Gasteiger charge is 2.42. The van der Waals surface area contributed by atoms with Gasteiger partial charge in [-0.2, -0.15) is 0 Å². The van der Waals surface area contributed by atoms with Gasteiger partial charge in [0.1, 0.15) is 18.3 Å². The van der Waals surface area contributed by atoms with Crippen molar-refractivity contribution in [3.8, 4) is 0 Å². The Kier molecular flexibility index (Phi) is 5.59. The number of benzene rings is 2. The predicted molar refractivity (Wildman–Crippen MR) is 117 cm³/mol. The molecule has 6 nitrogen and oxygen atoms in total. The summed E-state index contributed by atoms with van der Waals surface area (Å²) in [5.41, 5.74) is 2.17. The van der Waals surface area contributed by atoms with Gasteiger partial charge in [0, 0.05) is 29.3 Å². The van der Waals surface area contributed by atoms with Crippen LogP contribution in [-0.2, 0) is 16.1 Å². The maximum atomic E-state index is 12.6. The van der Waals surface area contributed by atoms with E-state index in [2.05, 4.69) is 29.5 Å². The Hall–Kier alpha value is -3.12. The summed E-state index contributed by atoms with van der Waals surface area (Å²) in [6.07, 6.45) is 0.943. The number of aromatic nitrogens is 1. The van der Waals surface area contributed by atoms with Gasteiger partial charge >= 0.3 is 5.97 Å². The maximum Gasteiger partial charge on any atom is 0.312 e. The number of carboxylic acid groups (broad SMARTS) is 1. The number of aliphatic carboxylic acids is 1. The van der Waals surface area contributed by atoms with Gasteiger partial charge in [-0.15, -0.1) is 0 Å². The maximum absolute atomic E-state index is 12.6. The minimum Gasteiger partial charge on any atom is -0.481 e. The Morgan fingerprint density at radius 1 is 1.13 bits per heavy atom. The number of amides is 1. The van der Waals surface area contributed by atoms with Crippen molar-refractivity contribution in [2.75, 3.05) is 25.5 Å². The van der Waals surface area contributed by atoms with E-state index in [1.54, 1.807) is 0 Å². The summed E-state index contributed by atoms with van der Waals surface area (Å²) in [6.45, 7) is 2.20. The van der Waals surface area contributed by atoms with Gasteiger partial charge < -0.3 is 19.9 Å². The Balaban J connectivity index is 1.41. The fourth-order valence-electron chi connectivity index (χ4n) is 4.67. The first-order chi connectivity index (χ1) is 14.4. The molecule has 1 aliphatic heterocycles.